The number of aliphatic hydroxyl groups excluding tert-OH is 1. The van der Waals surface area contributed by atoms with Crippen LogP contribution in [0.5, 0.6) is 0 Å². The van der Waals surface area contributed by atoms with Gasteiger partial charge in [-0.3, -0.25) is 9.69 Å². The molecule has 1 amide bonds. The lowest BCUT2D eigenvalue weighted by molar-refractivity contribution is -0.132. The Morgan fingerprint density at radius 2 is 1.76 bits per heavy atom. The Balaban J connectivity index is 4.49. The molecule has 0 saturated heterocycles. The van der Waals surface area contributed by atoms with Crippen LogP contribution in [0.1, 0.15) is 40.5 Å². The maximum atomic E-state index is 11.8. The molecule has 0 aromatic rings. The van der Waals surface area contributed by atoms with Crippen LogP contribution in [0.4, 0.5) is 0 Å². The predicted molar refractivity (Wildman–Crippen MR) is 70.5 cm³/mol. The molecule has 0 heterocycles. The van der Waals surface area contributed by atoms with E-state index in [1.54, 1.807) is 11.9 Å². The van der Waals surface area contributed by atoms with Gasteiger partial charge in [-0.05, 0) is 31.7 Å². The Bertz CT molecular complexity index is 229. The molecule has 0 aliphatic heterocycles. The smallest absolute Gasteiger partial charge is 0.237 e. The fourth-order valence-corrected chi connectivity index (χ4v) is 1.98. The van der Waals surface area contributed by atoms with Gasteiger partial charge in [0.05, 0.1) is 6.04 Å². The van der Waals surface area contributed by atoms with Crippen molar-refractivity contribution in [1.29, 1.82) is 0 Å². The van der Waals surface area contributed by atoms with Crippen LogP contribution >= 0.6 is 0 Å². The summed E-state index contributed by atoms with van der Waals surface area (Å²) in [5.74, 6) is 0.704. The first kappa shape index (κ1) is 16.4. The molecule has 4 heteroatoms. The zero-order valence-corrected chi connectivity index (χ0v) is 12.0. The molecule has 0 spiro atoms. The minimum absolute atomic E-state index is 0.0360. The second-order valence-electron chi connectivity index (χ2n) is 5.42. The highest BCUT2D eigenvalue weighted by molar-refractivity contribution is 5.81. The summed E-state index contributed by atoms with van der Waals surface area (Å²) >= 11 is 0. The molecule has 0 aliphatic rings. The third-order valence-electron chi connectivity index (χ3n) is 3.06. The summed E-state index contributed by atoms with van der Waals surface area (Å²) in [5, 5.41) is 12.7. The van der Waals surface area contributed by atoms with Gasteiger partial charge in [0.1, 0.15) is 6.23 Å². The number of nitrogens with one attached hydrogen (secondary N) is 1. The molecule has 0 aromatic carbocycles. The van der Waals surface area contributed by atoms with Crippen molar-refractivity contribution in [3.05, 3.63) is 0 Å². The van der Waals surface area contributed by atoms with Crippen LogP contribution in [0.3, 0.4) is 0 Å². The van der Waals surface area contributed by atoms with E-state index in [0.29, 0.717) is 12.3 Å². The fourth-order valence-electron chi connectivity index (χ4n) is 1.98. The van der Waals surface area contributed by atoms with Crippen LogP contribution in [0.15, 0.2) is 0 Å². The van der Waals surface area contributed by atoms with Crippen LogP contribution < -0.4 is 5.32 Å². The molecular weight excluding hydrogens is 216 g/mol. The van der Waals surface area contributed by atoms with Gasteiger partial charge in [0, 0.05) is 7.05 Å². The average molecular weight is 244 g/mol. The van der Waals surface area contributed by atoms with E-state index in [1.807, 2.05) is 20.9 Å². The van der Waals surface area contributed by atoms with E-state index in [4.69, 9.17) is 0 Å². The number of aliphatic hydroxyl groups is 1. The molecule has 0 rings (SSSR count). The maximum Gasteiger partial charge on any atom is 0.237 e. The standard InChI is InChI=1S/C13H28N2O2/c1-9(2)7-8-11(16)15(6)12(10(3)4)13(17)14-5/h9-12,16H,7-8H2,1-6H3,(H,14,17). The molecule has 0 saturated carbocycles. The van der Waals surface area contributed by atoms with Gasteiger partial charge < -0.3 is 10.4 Å². The van der Waals surface area contributed by atoms with E-state index in [2.05, 4.69) is 19.2 Å². The summed E-state index contributed by atoms with van der Waals surface area (Å²) in [6.07, 6.45) is 1.11. The second kappa shape index (κ2) is 7.67. The Kier molecular flexibility index (Phi) is 7.39. The minimum Gasteiger partial charge on any atom is -0.378 e. The Labute approximate surface area is 105 Å². The number of likely N-dealkylation sites (N-methyl/N-ethyl adjacent to an activating group) is 2. The molecule has 17 heavy (non-hydrogen) atoms. The molecule has 0 bridgehead atoms. The number of hydrogen-bond acceptors (Lipinski definition) is 3. The highest BCUT2D eigenvalue weighted by Gasteiger charge is 2.29. The number of hydrogen-bond donors (Lipinski definition) is 2. The monoisotopic (exact) mass is 244 g/mol. The summed E-state index contributed by atoms with van der Waals surface area (Å²) in [6.45, 7) is 8.24. The van der Waals surface area contributed by atoms with Crippen molar-refractivity contribution < 1.29 is 9.90 Å². The van der Waals surface area contributed by atoms with Gasteiger partial charge in [0.15, 0.2) is 0 Å². The van der Waals surface area contributed by atoms with Gasteiger partial charge in [-0.25, -0.2) is 0 Å². The number of amides is 1. The van der Waals surface area contributed by atoms with Crippen molar-refractivity contribution in [1.82, 2.24) is 10.2 Å². The first-order chi connectivity index (χ1) is 7.81. The normalized spacial score (nSPS) is 15.4. The Morgan fingerprint density at radius 3 is 2.12 bits per heavy atom. The molecule has 4 nitrogen and oxygen atoms in total. The minimum atomic E-state index is -0.554. The van der Waals surface area contributed by atoms with E-state index in [1.165, 1.54) is 0 Å². The molecular formula is C13H28N2O2. The zero-order valence-electron chi connectivity index (χ0n) is 12.0. The Hall–Kier alpha value is -0.610. The van der Waals surface area contributed by atoms with Crippen molar-refractivity contribution >= 4 is 5.91 Å². The van der Waals surface area contributed by atoms with Crippen molar-refractivity contribution in [3.8, 4) is 0 Å². The van der Waals surface area contributed by atoms with Gasteiger partial charge in [-0.1, -0.05) is 27.7 Å². The van der Waals surface area contributed by atoms with Crippen molar-refractivity contribution in [2.24, 2.45) is 11.8 Å². The molecule has 2 unspecified atom stereocenters. The van der Waals surface area contributed by atoms with E-state index in [0.717, 1.165) is 6.42 Å². The molecule has 0 aromatic heterocycles. The predicted octanol–water partition coefficient (Wildman–Crippen LogP) is 1.44. The highest BCUT2D eigenvalue weighted by atomic mass is 16.3. The van der Waals surface area contributed by atoms with Crippen LogP contribution in [0, 0.1) is 11.8 Å². The van der Waals surface area contributed by atoms with E-state index < -0.39 is 6.23 Å². The first-order valence-corrected chi connectivity index (χ1v) is 6.42. The number of carbonyl (C=O) groups excluding carboxylic acids is 1. The van der Waals surface area contributed by atoms with Gasteiger partial charge in [0.2, 0.25) is 5.91 Å². The largest absolute Gasteiger partial charge is 0.378 e. The molecule has 2 N–H and O–H groups in total. The van der Waals surface area contributed by atoms with Gasteiger partial charge in [-0.2, -0.15) is 0 Å². The summed E-state index contributed by atoms with van der Waals surface area (Å²) < 4.78 is 0. The van der Waals surface area contributed by atoms with E-state index in [9.17, 15) is 9.90 Å². The van der Waals surface area contributed by atoms with Crippen LogP contribution in [0.25, 0.3) is 0 Å². The van der Waals surface area contributed by atoms with Crippen LogP contribution in [-0.4, -0.2) is 42.3 Å². The number of rotatable bonds is 7. The van der Waals surface area contributed by atoms with Crippen LogP contribution in [-0.2, 0) is 4.79 Å². The van der Waals surface area contributed by atoms with E-state index >= 15 is 0 Å². The maximum absolute atomic E-state index is 11.8. The molecule has 0 aliphatic carbocycles. The topological polar surface area (TPSA) is 52.6 Å². The zero-order chi connectivity index (χ0) is 13.6. The SMILES string of the molecule is CNC(=O)C(C(C)C)N(C)C(O)CCC(C)C. The lowest BCUT2D eigenvalue weighted by Gasteiger charge is -2.33. The van der Waals surface area contributed by atoms with Gasteiger partial charge >= 0.3 is 0 Å². The summed E-state index contributed by atoms with van der Waals surface area (Å²) in [7, 11) is 3.44. The van der Waals surface area contributed by atoms with Crippen LogP contribution in [0.2, 0.25) is 0 Å². The first-order valence-electron chi connectivity index (χ1n) is 6.42. The van der Waals surface area contributed by atoms with Gasteiger partial charge in [-0.15, -0.1) is 0 Å². The fraction of sp³-hybridized carbons (Fsp3) is 0.923. The molecule has 0 fully saturated rings. The second-order valence-corrected chi connectivity index (χ2v) is 5.42. The van der Waals surface area contributed by atoms with Crippen molar-refractivity contribution in [2.45, 2.75) is 52.8 Å². The molecule has 102 valence electrons. The van der Waals surface area contributed by atoms with Gasteiger partial charge in [0.25, 0.3) is 0 Å². The lowest BCUT2D eigenvalue weighted by atomic mass is 10.0. The summed E-state index contributed by atoms with van der Waals surface area (Å²) in [5.41, 5.74) is 0. The summed E-state index contributed by atoms with van der Waals surface area (Å²) in [4.78, 5) is 13.5. The quantitative estimate of drug-likeness (QED) is 0.666. The molecule has 2 atom stereocenters. The van der Waals surface area contributed by atoms with E-state index in [-0.39, 0.29) is 17.9 Å². The average Bonchev–Trinajstić information content (AvgIpc) is 2.24. The number of nitrogens with zero attached hydrogens (tertiary/aromatic N) is 1. The molecule has 0 radical (unpaired) electrons. The lowest BCUT2D eigenvalue weighted by Crippen LogP contribution is -2.51. The Morgan fingerprint density at radius 1 is 1.24 bits per heavy atom. The van der Waals surface area contributed by atoms with Crippen molar-refractivity contribution in [3.63, 3.8) is 0 Å². The summed E-state index contributed by atoms with van der Waals surface area (Å²) in [6, 6.07) is -0.276. The highest BCUT2D eigenvalue weighted by Crippen LogP contribution is 2.16. The number of carbonyl (C=O) groups is 1. The third kappa shape index (κ3) is 5.50. The van der Waals surface area contributed by atoms with Crippen molar-refractivity contribution in [2.75, 3.05) is 14.1 Å². The third-order valence-corrected chi connectivity index (χ3v) is 3.06.